The summed E-state index contributed by atoms with van der Waals surface area (Å²) in [6, 6.07) is 0. The Labute approximate surface area is 111 Å². The number of carbonyl (C=O) groups is 1. The van der Waals surface area contributed by atoms with E-state index in [0.29, 0.717) is 16.7 Å². The SMILES string of the molecule is CNc1nnc(C(=O)NCCCN2CCCC2)s1. The van der Waals surface area contributed by atoms with Crippen LogP contribution in [0.2, 0.25) is 0 Å². The molecule has 6 nitrogen and oxygen atoms in total. The lowest BCUT2D eigenvalue weighted by Crippen LogP contribution is -2.28. The van der Waals surface area contributed by atoms with Gasteiger partial charge in [-0.2, -0.15) is 0 Å². The number of nitrogens with zero attached hydrogens (tertiary/aromatic N) is 3. The summed E-state index contributed by atoms with van der Waals surface area (Å²) in [6.07, 6.45) is 3.61. The fourth-order valence-electron chi connectivity index (χ4n) is 2.00. The van der Waals surface area contributed by atoms with Crippen LogP contribution in [0, 0.1) is 0 Å². The molecule has 0 unspecified atom stereocenters. The highest BCUT2D eigenvalue weighted by Gasteiger charge is 2.13. The normalized spacial score (nSPS) is 15.8. The smallest absolute Gasteiger partial charge is 0.282 e. The van der Waals surface area contributed by atoms with Gasteiger partial charge in [0.25, 0.3) is 5.91 Å². The predicted molar refractivity (Wildman–Crippen MR) is 72.1 cm³/mol. The van der Waals surface area contributed by atoms with Crippen molar-refractivity contribution in [3.05, 3.63) is 5.01 Å². The van der Waals surface area contributed by atoms with Crippen LogP contribution in [0.1, 0.15) is 29.1 Å². The van der Waals surface area contributed by atoms with E-state index in [9.17, 15) is 4.79 Å². The molecule has 1 fully saturated rings. The van der Waals surface area contributed by atoms with E-state index < -0.39 is 0 Å². The number of likely N-dealkylation sites (tertiary alicyclic amines) is 1. The van der Waals surface area contributed by atoms with Crippen LogP contribution in [0.5, 0.6) is 0 Å². The van der Waals surface area contributed by atoms with Crippen LogP contribution in [0.15, 0.2) is 0 Å². The summed E-state index contributed by atoms with van der Waals surface area (Å²) in [7, 11) is 1.76. The van der Waals surface area contributed by atoms with Crippen molar-refractivity contribution < 1.29 is 4.79 Å². The molecule has 0 spiro atoms. The van der Waals surface area contributed by atoms with Gasteiger partial charge in [-0.05, 0) is 38.9 Å². The van der Waals surface area contributed by atoms with Crippen LogP contribution in [0.3, 0.4) is 0 Å². The average Bonchev–Trinajstić information content (AvgIpc) is 3.05. The fraction of sp³-hybridized carbons (Fsp3) is 0.727. The van der Waals surface area contributed by atoms with Gasteiger partial charge in [-0.3, -0.25) is 4.79 Å². The fourth-order valence-corrected chi connectivity index (χ4v) is 2.62. The quantitative estimate of drug-likeness (QED) is 0.747. The molecule has 1 aliphatic rings. The second-order valence-corrected chi connectivity index (χ2v) is 5.30. The molecule has 0 aliphatic carbocycles. The van der Waals surface area contributed by atoms with Crippen LogP contribution in [0.4, 0.5) is 5.13 Å². The van der Waals surface area contributed by atoms with Crippen molar-refractivity contribution in [1.82, 2.24) is 20.4 Å². The molecule has 18 heavy (non-hydrogen) atoms. The van der Waals surface area contributed by atoms with Crippen molar-refractivity contribution in [1.29, 1.82) is 0 Å². The van der Waals surface area contributed by atoms with Gasteiger partial charge in [0.05, 0.1) is 0 Å². The van der Waals surface area contributed by atoms with Crippen molar-refractivity contribution in [3.8, 4) is 0 Å². The number of nitrogens with one attached hydrogen (secondary N) is 2. The standard InChI is InChI=1S/C11H19N5OS/c1-12-11-15-14-10(18-11)9(17)13-5-4-8-16-6-2-3-7-16/h2-8H2,1H3,(H,12,15)(H,13,17). The molecule has 0 bridgehead atoms. The minimum atomic E-state index is -0.129. The van der Waals surface area contributed by atoms with Crippen LogP contribution in [0.25, 0.3) is 0 Å². The topological polar surface area (TPSA) is 70.1 Å². The lowest BCUT2D eigenvalue weighted by Gasteiger charge is -2.13. The van der Waals surface area contributed by atoms with E-state index in [1.165, 1.54) is 37.3 Å². The second-order valence-electron chi connectivity index (χ2n) is 4.32. The summed E-state index contributed by atoms with van der Waals surface area (Å²) in [5.41, 5.74) is 0. The summed E-state index contributed by atoms with van der Waals surface area (Å²) >= 11 is 1.27. The number of hydrogen-bond acceptors (Lipinski definition) is 6. The zero-order valence-corrected chi connectivity index (χ0v) is 11.4. The maximum absolute atomic E-state index is 11.7. The maximum Gasteiger partial charge on any atom is 0.282 e. The van der Waals surface area contributed by atoms with Crippen molar-refractivity contribution >= 4 is 22.4 Å². The van der Waals surface area contributed by atoms with Crippen molar-refractivity contribution in [2.45, 2.75) is 19.3 Å². The van der Waals surface area contributed by atoms with Crippen LogP contribution < -0.4 is 10.6 Å². The summed E-state index contributed by atoms with van der Waals surface area (Å²) in [5.74, 6) is -0.129. The molecule has 1 aliphatic heterocycles. The van der Waals surface area contributed by atoms with Crippen molar-refractivity contribution in [2.24, 2.45) is 0 Å². The zero-order valence-electron chi connectivity index (χ0n) is 10.6. The van der Waals surface area contributed by atoms with Crippen molar-refractivity contribution in [2.75, 3.05) is 38.5 Å². The first-order valence-electron chi connectivity index (χ1n) is 6.31. The number of rotatable bonds is 6. The van der Waals surface area contributed by atoms with Gasteiger partial charge in [0, 0.05) is 13.6 Å². The molecule has 2 N–H and O–H groups in total. The molecular weight excluding hydrogens is 250 g/mol. The third kappa shape index (κ3) is 3.64. The van der Waals surface area contributed by atoms with E-state index in [4.69, 9.17) is 0 Å². The summed E-state index contributed by atoms with van der Waals surface area (Å²) in [6.45, 7) is 4.17. The largest absolute Gasteiger partial charge is 0.363 e. The van der Waals surface area contributed by atoms with E-state index in [2.05, 4.69) is 25.7 Å². The monoisotopic (exact) mass is 269 g/mol. The Morgan fingerprint density at radius 1 is 1.39 bits per heavy atom. The van der Waals surface area contributed by atoms with Crippen molar-refractivity contribution in [3.63, 3.8) is 0 Å². The Hall–Kier alpha value is -1.21. The maximum atomic E-state index is 11.7. The average molecular weight is 269 g/mol. The lowest BCUT2D eigenvalue weighted by atomic mass is 10.4. The minimum absolute atomic E-state index is 0.129. The van der Waals surface area contributed by atoms with Gasteiger partial charge in [0.2, 0.25) is 10.1 Å². The van der Waals surface area contributed by atoms with E-state index in [0.717, 1.165) is 13.0 Å². The van der Waals surface area contributed by atoms with Gasteiger partial charge >= 0.3 is 0 Å². The first-order valence-corrected chi connectivity index (χ1v) is 7.13. The zero-order chi connectivity index (χ0) is 12.8. The number of aromatic nitrogens is 2. The Morgan fingerprint density at radius 2 is 2.17 bits per heavy atom. The molecule has 0 radical (unpaired) electrons. The summed E-state index contributed by atoms with van der Waals surface area (Å²) in [5, 5.41) is 14.5. The predicted octanol–water partition coefficient (Wildman–Crippen LogP) is 0.795. The van der Waals surface area contributed by atoms with E-state index in [-0.39, 0.29) is 5.91 Å². The Kier molecular flexibility index (Phi) is 4.89. The van der Waals surface area contributed by atoms with E-state index in [1.54, 1.807) is 7.05 Å². The third-order valence-electron chi connectivity index (χ3n) is 2.97. The molecule has 7 heteroatoms. The van der Waals surface area contributed by atoms with Gasteiger partial charge < -0.3 is 15.5 Å². The number of amides is 1. The molecule has 2 rings (SSSR count). The van der Waals surface area contributed by atoms with E-state index >= 15 is 0 Å². The highest BCUT2D eigenvalue weighted by molar-refractivity contribution is 7.17. The highest BCUT2D eigenvalue weighted by atomic mass is 32.1. The minimum Gasteiger partial charge on any atom is -0.363 e. The third-order valence-corrected chi connectivity index (χ3v) is 3.91. The van der Waals surface area contributed by atoms with Gasteiger partial charge in [-0.25, -0.2) is 0 Å². The van der Waals surface area contributed by atoms with E-state index in [1.807, 2.05) is 0 Å². The molecule has 0 saturated carbocycles. The Morgan fingerprint density at radius 3 is 2.83 bits per heavy atom. The molecule has 2 heterocycles. The molecule has 1 aromatic rings. The van der Waals surface area contributed by atoms with Gasteiger partial charge in [-0.15, -0.1) is 10.2 Å². The van der Waals surface area contributed by atoms with Gasteiger partial charge in [0.15, 0.2) is 0 Å². The lowest BCUT2D eigenvalue weighted by molar-refractivity contribution is 0.0951. The second kappa shape index (κ2) is 6.65. The molecule has 0 atom stereocenters. The Bertz CT molecular complexity index is 389. The molecular formula is C11H19N5OS. The van der Waals surface area contributed by atoms with Crippen LogP contribution >= 0.6 is 11.3 Å². The first-order chi connectivity index (χ1) is 8.79. The number of anilines is 1. The van der Waals surface area contributed by atoms with Gasteiger partial charge in [-0.1, -0.05) is 11.3 Å². The van der Waals surface area contributed by atoms with Gasteiger partial charge in [0.1, 0.15) is 0 Å². The Balaban J connectivity index is 1.65. The van der Waals surface area contributed by atoms with Crippen LogP contribution in [-0.2, 0) is 0 Å². The summed E-state index contributed by atoms with van der Waals surface area (Å²) in [4.78, 5) is 14.2. The highest BCUT2D eigenvalue weighted by Crippen LogP contribution is 2.13. The van der Waals surface area contributed by atoms with Crippen LogP contribution in [-0.4, -0.2) is 54.2 Å². The first kappa shape index (κ1) is 13.2. The molecule has 1 aromatic heterocycles. The molecule has 1 saturated heterocycles. The number of hydrogen-bond donors (Lipinski definition) is 2. The number of carbonyl (C=O) groups excluding carboxylic acids is 1. The molecule has 1 amide bonds. The molecule has 0 aromatic carbocycles. The summed E-state index contributed by atoms with van der Waals surface area (Å²) < 4.78 is 0. The molecule has 100 valence electrons.